The molecule has 0 fully saturated rings. The number of aromatic hydroxyl groups is 1. The number of aromatic nitrogens is 2. The van der Waals surface area contributed by atoms with Gasteiger partial charge >= 0.3 is 11.9 Å². The molecule has 0 spiro atoms. The van der Waals surface area contributed by atoms with E-state index in [1.54, 1.807) is 18.2 Å². The molecule has 0 amide bonds. The number of carbonyl (C=O) groups is 2. The van der Waals surface area contributed by atoms with Gasteiger partial charge in [-0.25, -0.2) is 14.6 Å². The summed E-state index contributed by atoms with van der Waals surface area (Å²) in [6, 6.07) is 9.37. The topological polar surface area (TPSA) is 101 Å². The summed E-state index contributed by atoms with van der Waals surface area (Å²) in [5, 5.41) is 19.3. The number of methoxy groups -OCH3 is 1. The van der Waals surface area contributed by atoms with Gasteiger partial charge in [0.2, 0.25) is 0 Å². The summed E-state index contributed by atoms with van der Waals surface area (Å²) >= 11 is 0. The van der Waals surface area contributed by atoms with Gasteiger partial charge in [-0.05, 0) is 24.3 Å². The van der Waals surface area contributed by atoms with Crippen LogP contribution in [0.4, 0.5) is 0 Å². The number of carbonyl (C=O) groups excluding carboxylic acids is 1. The van der Waals surface area contributed by atoms with Crippen LogP contribution in [-0.2, 0) is 4.74 Å². The zero-order valence-electron chi connectivity index (χ0n) is 12.1. The van der Waals surface area contributed by atoms with Gasteiger partial charge in [-0.1, -0.05) is 12.1 Å². The van der Waals surface area contributed by atoms with Crippen LogP contribution in [0.25, 0.3) is 16.9 Å². The summed E-state index contributed by atoms with van der Waals surface area (Å²) < 4.78 is 6.12. The molecule has 0 atom stereocenters. The predicted octanol–water partition coefficient (Wildman–Crippen LogP) is 2.19. The molecule has 116 valence electrons. The van der Waals surface area contributed by atoms with Crippen molar-refractivity contribution >= 4 is 17.5 Å². The highest BCUT2D eigenvalue weighted by Crippen LogP contribution is 2.30. The van der Waals surface area contributed by atoms with Crippen molar-refractivity contribution < 1.29 is 24.5 Å². The number of fused-ring (bicyclic) bond motifs is 1. The molecule has 0 unspecified atom stereocenters. The number of phenolic OH excluding ortho intramolecular Hbond substituents is 1. The molecule has 2 heterocycles. The van der Waals surface area contributed by atoms with E-state index in [4.69, 9.17) is 0 Å². The van der Waals surface area contributed by atoms with Gasteiger partial charge in [0, 0.05) is 6.20 Å². The van der Waals surface area contributed by atoms with Crippen LogP contribution in [0.15, 0.2) is 42.6 Å². The number of nitrogens with zero attached hydrogens (tertiary/aromatic N) is 2. The summed E-state index contributed by atoms with van der Waals surface area (Å²) in [7, 11) is 1.26. The Morgan fingerprint density at radius 1 is 1.17 bits per heavy atom. The Hall–Kier alpha value is -3.35. The van der Waals surface area contributed by atoms with Gasteiger partial charge in [-0.15, -0.1) is 0 Å². The molecule has 0 saturated heterocycles. The molecule has 0 bridgehead atoms. The average Bonchev–Trinajstić information content (AvgIpc) is 2.93. The molecule has 0 saturated carbocycles. The van der Waals surface area contributed by atoms with E-state index in [1.165, 1.54) is 35.9 Å². The molecule has 3 rings (SSSR count). The Morgan fingerprint density at radius 3 is 2.57 bits per heavy atom. The van der Waals surface area contributed by atoms with E-state index in [1.807, 2.05) is 0 Å². The van der Waals surface area contributed by atoms with Crippen molar-refractivity contribution in [1.29, 1.82) is 0 Å². The number of carboxylic acids is 1. The third kappa shape index (κ3) is 2.38. The zero-order chi connectivity index (χ0) is 16.6. The van der Waals surface area contributed by atoms with E-state index in [0.717, 1.165) is 0 Å². The molecule has 3 aromatic rings. The Labute approximate surface area is 130 Å². The van der Waals surface area contributed by atoms with Crippen molar-refractivity contribution in [2.75, 3.05) is 7.11 Å². The lowest BCUT2D eigenvalue weighted by Gasteiger charge is -2.05. The smallest absolute Gasteiger partial charge is 0.356 e. The lowest BCUT2D eigenvalue weighted by molar-refractivity contribution is 0.0599. The van der Waals surface area contributed by atoms with E-state index in [0.29, 0.717) is 11.1 Å². The highest BCUT2D eigenvalue weighted by atomic mass is 16.5. The number of esters is 1. The molecule has 0 aliphatic rings. The minimum Gasteiger partial charge on any atom is -0.507 e. The second kappa shape index (κ2) is 5.45. The number of imidazole rings is 1. The molecule has 0 radical (unpaired) electrons. The molecular formula is C16H12N2O5. The van der Waals surface area contributed by atoms with E-state index in [9.17, 15) is 19.8 Å². The number of phenols is 1. The van der Waals surface area contributed by atoms with Gasteiger partial charge in [0.05, 0.1) is 23.8 Å². The Morgan fingerprint density at radius 2 is 1.91 bits per heavy atom. The number of hydrogen-bond donors (Lipinski definition) is 2. The second-order valence-corrected chi connectivity index (χ2v) is 4.77. The lowest BCUT2D eigenvalue weighted by Crippen LogP contribution is -2.03. The summed E-state index contributed by atoms with van der Waals surface area (Å²) in [5.74, 6) is -1.57. The number of para-hydroxylation sites is 1. The van der Waals surface area contributed by atoms with Gasteiger partial charge in [-0.2, -0.15) is 0 Å². The molecule has 2 aromatic heterocycles. The van der Waals surface area contributed by atoms with Crippen molar-refractivity contribution in [3.8, 4) is 17.1 Å². The first-order valence-electron chi connectivity index (χ1n) is 6.65. The molecular weight excluding hydrogens is 300 g/mol. The minimum atomic E-state index is -1.20. The van der Waals surface area contributed by atoms with Crippen molar-refractivity contribution in [3.63, 3.8) is 0 Å². The van der Waals surface area contributed by atoms with Crippen LogP contribution in [0.5, 0.6) is 5.75 Å². The monoisotopic (exact) mass is 312 g/mol. The van der Waals surface area contributed by atoms with E-state index in [2.05, 4.69) is 9.72 Å². The quantitative estimate of drug-likeness (QED) is 0.719. The van der Waals surface area contributed by atoms with Crippen LogP contribution in [0.1, 0.15) is 20.8 Å². The molecule has 0 aliphatic carbocycles. The molecule has 2 N–H and O–H groups in total. The van der Waals surface area contributed by atoms with Gasteiger partial charge in [0.1, 0.15) is 11.6 Å². The molecule has 7 nitrogen and oxygen atoms in total. The van der Waals surface area contributed by atoms with Crippen LogP contribution in [0.3, 0.4) is 0 Å². The van der Waals surface area contributed by atoms with Crippen LogP contribution in [-0.4, -0.2) is 38.6 Å². The van der Waals surface area contributed by atoms with E-state index >= 15 is 0 Å². The van der Waals surface area contributed by atoms with Crippen molar-refractivity contribution in [2.45, 2.75) is 0 Å². The number of aromatic carboxylic acids is 1. The maximum Gasteiger partial charge on any atom is 0.356 e. The number of ether oxygens (including phenoxy) is 1. The minimum absolute atomic E-state index is 0.0418. The number of carboxylic acid groups (broad SMARTS) is 1. The first-order valence-corrected chi connectivity index (χ1v) is 6.65. The number of pyridine rings is 1. The zero-order valence-corrected chi connectivity index (χ0v) is 12.1. The van der Waals surface area contributed by atoms with Crippen LogP contribution in [0.2, 0.25) is 0 Å². The normalized spacial score (nSPS) is 10.7. The number of rotatable bonds is 3. The fourth-order valence-corrected chi connectivity index (χ4v) is 2.33. The first kappa shape index (κ1) is 14.6. The highest BCUT2D eigenvalue weighted by molar-refractivity contribution is 5.96. The van der Waals surface area contributed by atoms with Gasteiger partial charge in [0.25, 0.3) is 0 Å². The van der Waals surface area contributed by atoms with E-state index in [-0.39, 0.29) is 22.8 Å². The molecule has 1 aromatic carbocycles. The average molecular weight is 312 g/mol. The summed E-state index contributed by atoms with van der Waals surface area (Å²) in [6.45, 7) is 0. The maximum atomic E-state index is 11.7. The lowest BCUT2D eigenvalue weighted by atomic mass is 10.2. The first-order chi connectivity index (χ1) is 11.0. The third-order valence-electron chi connectivity index (χ3n) is 3.41. The largest absolute Gasteiger partial charge is 0.507 e. The van der Waals surface area contributed by atoms with Crippen molar-refractivity contribution in [3.05, 3.63) is 53.9 Å². The molecule has 23 heavy (non-hydrogen) atoms. The second-order valence-electron chi connectivity index (χ2n) is 4.77. The molecule has 7 heteroatoms. The fraction of sp³-hybridized carbons (Fsp3) is 0.0625. The molecule has 0 aliphatic heterocycles. The van der Waals surface area contributed by atoms with Crippen LogP contribution >= 0.6 is 0 Å². The van der Waals surface area contributed by atoms with Crippen LogP contribution < -0.4 is 0 Å². The van der Waals surface area contributed by atoms with Crippen LogP contribution in [0, 0.1) is 0 Å². The van der Waals surface area contributed by atoms with Gasteiger partial charge in [-0.3, -0.25) is 4.40 Å². The van der Waals surface area contributed by atoms with Gasteiger partial charge < -0.3 is 14.9 Å². The SMILES string of the molecule is COC(=O)c1ccc2c(C(=O)O)nc(-c3ccccc3O)n2c1. The third-order valence-corrected chi connectivity index (χ3v) is 3.41. The Kier molecular flexibility index (Phi) is 3.46. The van der Waals surface area contributed by atoms with E-state index < -0.39 is 11.9 Å². The van der Waals surface area contributed by atoms with Crippen molar-refractivity contribution in [1.82, 2.24) is 9.38 Å². The maximum absolute atomic E-state index is 11.7. The summed E-state index contributed by atoms with van der Waals surface area (Å²) in [6.07, 6.45) is 1.43. The standard InChI is InChI=1S/C16H12N2O5/c1-23-16(22)9-6-7-11-13(15(20)21)17-14(18(11)8-9)10-4-2-3-5-12(10)19/h2-8,19H,1H3,(H,20,21). The van der Waals surface area contributed by atoms with Crippen molar-refractivity contribution in [2.24, 2.45) is 0 Å². The Balaban J connectivity index is 2.34. The van der Waals surface area contributed by atoms with Gasteiger partial charge in [0.15, 0.2) is 5.69 Å². The predicted molar refractivity (Wildman–Crippen MR) is 80.6 cm³/mol. The summed E-state index contributed by atoms with van der Waals surface area (Å²) in [5.41, 5.74) is 0.742. The number of benzene rings is 1. The fourth-order valence-electron chi connectivity index (χ4n) is 2.33. The summed E-state index contributed by atoms with van der Waals surface area (Å²) in [4.78, 5) is 27.2. The highest BCUT2D eigenvalue weighted by Gasteiger charge is 2.20. The Bertz CT molecular complexity index is 929. The number of hydrogen-bond acceptors (Lipinski definition) is 5.